The van der Waals surface area contributed by atoms with Crippen LogP contribution in [-0.4, -0.2) is 41.1 Å². The molecule has 2 saturated heterocycles. The number of primary amides is 1. The maximum atomic E-state index is 13.5. The third kappa shape index (κ3) is 2.79. The first kappa shape index (κ1) is 19.4. The van der Waals surface area contributed by atoms with Gasteiger partial charge in [-0.2, -0.15) is 0 Å². The Labute approximate surface area is 178 Å². The number of carbonyl (C=O) groups is 4. The number of nitrogens with one attached hydrogen (secondary N) is 2. The number of nitrogens with zero attached hydrogens (tertiary/aromatic N) is 1. The zero-order chi connectivity index (χ0) is 21.8. The number of likely N-dealkylation sites (tertiary alicyclic amines) is 1. The van der Waals surface area contributed by atoms with Gasteiger partial charge in [0, 0.05) is 30.3 Å². The maximum absolute atomic E-state index is 13.5. The first-order valence-corrected chi connectivity index (χ1v) is 10.3. The van der Waals surface area contributed by atoms with Gasteiger partial charge in [0.2, 0.25) is 23.6 Å². The Morgan fingerprint density at radius 1 is 1.00 bits per heavy atom. The van der Waals surface area contributed by atoms with E-state index >= 15 is 0 Å². The summed E-state index contributed by atoms with van der Waals surface area (Å²) in [6, 6.07) is 16.0. The quantitative estimate of drug-likeness (QED) is 0.612. The van der Waals surface area contributed by atoms with Crippen molar-refractivity contribution in [2.75, 3.05) is 11.9 Å². The lowest BCUT2D eigenvalue weighted by Gasteiger charge is -2.29. The summed E-state index contributed by atoms with van der Waals surface area (Å²) < 4.78 is 0. The zero-order valence-electron chi connectivity index (χ0n) is 16.7. The van der Waals surface area contributed by atoms with Gasteiger partial charge in [0.1, 0.15) is 5.54 Å². The molecule has 3 aliphatic rings. The van der Waals surface area contributed by atoms with Crippen molar-refractivity contribution in [2.24, 2.45) is 17.6 Å². The van der Waals surface area contributed by atoms with E-state index in [0.717, 1.165) is 5.56 Å². The summed E-state index contributed by atoms with van der Waals surface area (Å²) in [6.07, 6.45) is 0.380. The highest BCUT2D eigenvalue weighted by Gasteiger charge is 2.70. The van der Waals surface area contributed by atoms with Crippen molar-refractivity contribution in [3.8, 4) is 0 Å². The van der Waals surface area contributed by atoms with Crippen LogP contribution in [0.2, 0.25) is 0 Å². The van der Waals surface area contributed by atoms with Crippen LogP contribution in [0.1, 0.15) is 17.5 Å². The van der Waals surface area contributed by atoms with Gasteiger partial charge in [0.25, 0.3) is 0 Å². The van der Waals surface area contributed by atoms with Crippen molar-refractivity contribution >= 4 is 29.3 Å². The first-order valence-electron chi connectivity index (χ1n) is 10.3. The van der Waals surface area contributed by atoms with Gasteiger partial charge in [0.05, 0.1) is 11.8 Å². The lowest BCUT2D eigenvalue weighted by molar-refractivity contribution is -0.142. The van der Waals surface area contributed by atoms with Gasteiger partial charge in [0.15, 0.2) is 0 Å². The summed E-state index contributed by atoms with van der Waals surface area (Å²) >= 11 is 0. The molecule has 8 heteroatoms. The average molecular weight is 418 g/mol. The molecule has 1 spiro atoms. The Morgan fingerprint density at radius 2 is 1.71 bits per heavy atom. The summed E-state index contributed by atoms with van der Waals surface area (Å²) in [7, 11) is 0. The van der Waals surface area contributed by atoms with Crippen molar-refractivity contribution < 1.29 is 19.2 Å². The highest BCUT2D eigenvalue weighted by molar-refractivity contribution is 6.15. The second-order valence-electron chi connectivity index (χ2n) is 8.30. The fraction of sp³-hybridized carbons (Fsp3) is 0.304. The highest BCUT2D eigenvalue weighted by Crippen LogP contribution is 2.53. The molecule has 0 radical (unpaired) electrons. The Hall–Kier alpha value is -3.52. The van der Waals surface area contributed by atoms with Crippen LogP contribution in [0.5, 0.6) is 0 Å². The number of fused-ring (bicyclic) bond motifs is 4. The second-order valence-corrected chi connectivity index (χ2v) is 8.30. The van der Waals surface area contributed by atoms with Gasteiger partial charge in [-0.3, -0.25) is 29.4 Å². The summed E-state index contributed by atoms with van der Waals surface area (Å²) in [4.78, 5) is 53.1. The highest BCUT2D eigenvalue weighted by atomic mass is 16.2. The fourth-order valence-electron chi connectivity index (χ4n) is 5.32. The van der Waals surface area contributed by atoms with E-state index in [9.17, 15) is 19.2 Å². The van der Waals surface area contributed by atoms with Gasteiger partial charge in [-0.1, -0.05) is 48.5 Å². The van der Waals surface area contributed by atoms with Crippen LogP contribution < -0.4 is 16.4 Å². The van der Waals surface area contributed by atoms with E-state index in [4.69, 9.17) is 5.73 Å². The van der Waals surface area contributed by atoms with Gasteiger partial charge >= 0.3 is 0 Å². The number of para-hydroxylation sites is 1. The molecule has 158 valence electrons. The number of rotatable bonds is 5. The molecule has 2 fully saturated rings. The van der Waals surface area contributed by atoms with Gasteiger partial charge < -0.3 is 11.1 Å². The fourth-order valence-corrected chi connectivity index (χ4v) is 5.32. The lowest BCUT2D eigenvalue weighted by Crippen LogP contribution is -2.53. The number of amides is 4. The molecule has 3 aliphatic heterocycles. The monoisotopic (exact) mass is 418 g/mol. The van der Waals surface area contributed by atoms with E-state index in [0.29, 0.717) is 17.7 Å². The molecule has 8 nitrogen and oxygen atoms in total. The molecule has 0 aliphatic carbocycles. The molecule has 0 unspecified atom stereocenters. The normalized spacial score (nSPS) is 28.7. The molecule has 5 rings (SSSR count). The Morgan fingerprint density at radius 3 is 2.45 bits per heavy atom. The number of nitrogens with two attached hydrogens (primary N) is 1. The first-order chi connectivity index (χ1) is 14.9. The van der Waals surface area contributed by atoms with Crippen molar-refractivity contribution in [2.45, 2.75) is 24.4 Å². The SMILES string of the molecule is NC(=O)C[C@H]1N[C@]2(C(=O)Nc3ccccc32)[C@@H]2C(=O)N(CCc3ccccc3)C(=O)[C@@H]21. The number of benzene rings is 2. The van der Waals surface area contributed by atoms with Crippen LogP contribution in [0.25, 0.3) is 0 Å². The Balaban J connectivity index is 1.53. The largest absolute Gasteiger partial charge is 0.370 e. The van der Waals surface area contributed by atoms with Crippen molar-refractivity contribution in [1.82, 2.24) is 10.2 Å². The van der Waals surface area contributed by atoms with Crippen LogP contribution in [0.3, 0.4) is 0 Å². The number of anilines is 1. The minimum atomic E-state index is -1.39. The summed E-state index contributed by atoms with van der Waals surface area (Å²) in [5.74, 6) is -3.49. The molecule has 4 atom stereocenters. The molecular weight excluding hydrogens is 396 g/mol. The topological polar surface area (TPSA) is 122 Å². The predicted molar refractivity (Wildman–Crippen MR) is 111 cm³/mol. The van der Waals surface area contributed by atoms with Crippen molar-refractivity contribution in [3.63, 3.8) is 0 Å². The van der Waals surface area contributed by atoms with Crippen LogP contribution in [0, 0.1) is 11.8 Å². The van der Waals surface area contributed by atoms with E-state index in [1.54, 1.807) is 24.3 Å². The molecule has 31 heavy (non-hydrogen) atoms. The summed E-state index contributed by atoms with van der Waals surface area (Å²) in [5, 5.41) is 6.00. The minimum Gasteiger partial charge on any atom is -0.370 e. The molecule has 2 aromatic carbocycles. The van der Waals surface area contributed by atoms with Gasteiger partial charge in [-0.25, -0.2) is 0 Å². The van der Waals surface area contributed by atoms with Crippen LogP contribution in [0.15, 0.2) is 54.6 Å². The number of hydrogen-bond donors (Lipinski definition) is 3. The van der Waals surface area contributed by atoms with Crippen LogP contribution >= 0.6 is 0 Å². The lowest BCUT2D eigenvalue weighted by atomic mass is 9.76. The second kappa shape index (κ2) is 7.02. The number of hydrogen-bond acceptors (Lipinski definition) is 5. The average Bonchev–Trinajstić information content (AvgIpc) is 3.32. The van der Waals surface area contributed by atoms with Crippen molar-refractivity contribution in [3.05, 3.63) is 65.7 Å². The van der Waals surface area contributed by atoms with E-state index in [1.165, 1.54) is 4.90 Å². The van der Waals surface area contributed by atoms with Crippen LogP contribution in [-0.2, 0) is 31.1 Å². The van der Waals surface area contributed by atoms with Gasteiger partial charge in [-0.05, 0) is 18.1 Å². The molecule has 4 N–H and O–H groups in total. The molecular formula is C23H22N4O4. The Kier molecular flexibility index (Phi) is 4.40. The maximum Gasteiger partial charge on any atom is 0.250 e. The van der Waals surface area contributed by atoms with E-state index in [1.807, 2.05) is 30.3 Å². The smallest absolute Gasteiger partial charge is 0.250 e. The molecule has 2 aromatic rings. The third-order valence-electron chi connectivity index (χ3n) is 6.60. The molecule has 0 aromatic heterocycles. The molecule has 4 amide bonds. The Bertz CT molecular complexity index is 1100. The summed E-state index contributed by atoms with van der Waals surface area (Å²) in [5.41, 5.74) is 6.26. The third-order valence-corrected chi connectivity index (χ3v) is 6.60. The van der Waals surface area contributed by atoms with E-state index in [-0.39, 0.29) is 24.8 Å². The van der Waals surface area contributed by atoms with Gasteiger partial charge in [-0.15, -0.1) is 0 Å². The van der Waals surface area contributed by atoms with E-state index in [2.05, 4.69) is 10.6 Å². The molecule has 3 heterocycles. The molecule has 0 saturated carbocycles. The summed E-state index contributed by atoms with van der Waals surface area (Å²) in [6.45, 7) is 0.220. The van der Waals surface area contributed by atoms with E-state index < -0.39 is 35.2 Å². The predicted octanol–water partition coefficient (Wildman–Crippen LogP) is 0.525. The minimum absolute atomic E-state index is 0.135. The molecule has 0 bridgehead atoms. The number of imide groups is 1. The van der Waals surface area contributed by atoms with Crippen LogP contribution in [0.4, 0.5) is 5.69 Å². The number of carbonyl (C=O) groups excluding carboxylic acids is 4. The zero-order valence-corrected chi connectivity index (χ0v) is 16.7. The standard InChI is InChI=1S/C23H22N4O4/c24-17(28)12-16-18-19(23(26-16)14-8-4-5-9-15(14)25-22(23)31)21(30)27(20(18)29)11-10-13-6-2-1-3-7-13/h1-9,16,18-19,26H,10-12H2,(H2,24,28)(H,25,31)/t16-,18-,19+,23+/m1/s1. The van der Waals surface area contributed by atoms with Crippen molar-refractivity contribution in [1.29, 1.82) is 0 Å².